The van der Waals surface area contributed by atoms with E-state index in [2.05, 4.69) is 366 Å². The van der Waals surface area contributed by atoms with Gasteiger partial charge >= 0.3 is 11.7 Å². The van der Waals surface area contributed by atoms with Gasteiger partial charge in [0.2, 0.25) is 11.4 Å². The Labute approximate surface area is 546 Å². The zero-order valence-corrected chi connectivity index (χ0v) is 57.4. The standard InChI is InChI=1S/C86H86N4OSi/c1-82(2,3)61-44-45-87-80(54-61)90-77-43-40-58(60-46-62(83(4,5)6)50-63(47-60)84(7,8)9)49-76(77)75-42-41-69(56-79(75)90)91-68-30-26-29-66(55-68)88-57-89(67-52-64(85(10,11)12)51-65(53-67)86(13,14)15)81-74(38-27-39-78(81)88)59-28-25-37-73(48-59)92(70-31-19-16-20-32-70,71-33-21-17-22-34-71)72-35-23-18-24-36-72/h16-56H,1-15H3/q+2. The fourth-order valence-corrected chi connectivity index (χ4v) is 18.1. The number of hydrogen-bond acceptors (Lipinski definition) is 2. The number of fused-ring (bicyclic) bond motifs is 4. The Bertz CT molecular complexity index is 4720. The molecule has 0 N–H and O–H groups in total. The fraction of sp³-hybridized carbons (Fsp3) is 0.233. The quantitative estimate of drug-likeness (QED) is 0.0735. The van der Waals surface area contributed by atoms with Crippen molar-refractivity contribution in [2.45, 2.75) is 131 Å². The first-order valence-electron chi connectivity index (χ1n) is 32.7. The molecule has 0 fully saturated rings. The van der Waals surface area contributed by atoms with E-state index in [1.54, 1.807) is 0 Å². The summed E-state index contributed by atoms with van der Waals surface area (Å²) in [7, 11) is -2.87. The highest BCUT2D eigenvalue weighted by Gasteiger charge is 2.44. The summed E-state index contributed by atoms with van der Waals surface area (Å²) in [6.45, 7) is 34.5. The summed E-state index contributed by atoms with van der Waals surface area (Å²) in [6, 6.07) is 94.4. The number of benzene rings is 10. The maximum atomic E-state index is 7.09. The highest BCUT2D eigenvalue weighted by atomic mass is 28.3. The van der Waals surface area contributed by atoms with E-state index in [0.29, 0.717) is 5.75 Å². The normalized spacial score (nSPS) is 13.1. The van der Waals surface area contributed by atoms with Crippen LogP contribution in [0.5, 0.6) is 11.5 Å². The van der Waals surface area contributed by atoms with Crippen molar-refractivity contribution in [3.05, 3.63) is 277 Å². The summed E-state index contributed by atoms with van der Waals surface area (Å²) < 4.78 is 13.9. The van der Waals surface area contributed by atoms with E-state index < -0.39 is 8.07 Å². The van der Waals surface area contributed by atoms with Gasteiger partial charge < -0.3 is 4.74 Å². The number of para-hydroxylation sites is 1. The third kappa shape index (κ3) is 11.5. The molecular formula is C86H86N4OSi+2. The van der Waals surface area contributed by atoms with E-state index >= 15 is 0 Å². The Balaban J connectivity index is 0.963. The van der Waals surface area contributed by atoms with Gasteiger partial charge in [-0.2, -0.15) is 0 Å². The average molecular weight is 1220 g/mol. The summed E-state index contributed by atoms with van der Waals surface area (Å²) in [5.41, 5.74) is 17.0. The molecule has 2 aromatic heterocycles. The molecule has 0 aliphatic carbocycles. The third-order valence-corrected chi connectivity index (χ3v) is 23.5. The Morgan fingerprint density at radius 2 is 0.891 bits per heavy atom. The Morgan fingerprint density at radius 3 is 1.47 bits per heavy atom. The average Bonchev–Trinajstić information content (AvgIpc) is 1.15. The van der Waals surface area contributed by atoms with Gasteiger partial charge in [-0.3, -0.25) is 4.57 Å². The molecule has 5 nitrogen and oxygen atoms in total. The fourth-order valence-electron chi connectivity index (χ4n) is 13.3. The second-order valence-electron chi connectivity index (χ2n) is 30.4. The van der Waals surface area contributed by atoms with Crippen molar-refractivity contribution >= 4 is 79.4 Å². The zero-order chi connectivity index (χ0) is 64.7. The van der Waals surface area contributed by atoms with Gasteiger partial charge in [-0.05, 0) is 150 Å². The number of nitrogens with zero attached hydrogens (tertiary/aromatic N) is 4. The molecule has 1 aliphatic rings. The van der Waals surface area contributed by atoms with E-state index in [9.17, 15) is 0 Å². The van der Waals surface area contributed by atoms with Crippen LogP contribution in [-0.4, -0.2) is 23.6 Å². The number of pyridine rings is 1. The minimum atomic E-state index is -2.87. The SMILES string of the molecule is CC(C)(C)c1cc(-c2ccc3c(c2)c2ccc(Oc4cccc([N+]5=C=[N+](c6cc(C(C)(C)C)cc(C(C)(C)C)c6)c6c(-c7cccc([Si](c8ccccc8)(c8ccccc8)c8ccccc8)c7)cccc65)c4)cc2n3-c2cc(C(C)(C)C)ccn2)cc(C(C)(C)C)c1. The highest BCUT2D eigenvalue weighted by molar-refractivity contribution is 7.19. The van der Waals surface area contributed by atoms with Crippen molar-refractivity contribution in [3.8, 4) is 39.6 Å². The molecule has 0 atom stereocenters. The van der Waals surface area contributed by atoms with Crippen molar-refractivity contribution in [1.82, 2.24) is 18.7 Å². The summed E-state index contributed by atoms with van der Waals surface area (Å²) >= 11 is 0. The molecule has 458 valence electrons. The smallest absolute Gasteiger partial charge is 0.457 e. The molecule has 0 bridgehead atoms. The summed E-state index contributed by atoms with van der Waals surface area (Å²) in [5.74, 6) is 2.32. The molecule has 0 unspecified atom stereocenters. The van der Waals surface area contributed by atoms with Gasteiger partial charge in [0, 0.05) is 47.3 Å². The lowest BCUT2D eigenvalue weighted by molar-refractivity contribution is 0.483. The number of aromatic nitrogens is 2. The minimum absolute atomic E-state index is 0.0108. The molecule has 0 spiro atoms. The molecule has 92 heavy (non-hydrogen) atoms. The molecule has 0 amide bonds. The molecule has 0 radical (unpaired) electrons. The highest BCUT2D eigenvalue weighted by Crippen LogP contribution is 2.46. The van der Waals surface area contributed by atoms with Crippen LogP contribution >= 0.6 is 0 Å². The first-order valence-corrected chi connectivity index (χ1v) is 34.7. The molecule has 10 aromatic carbocycles. The number of hydrogen-bond donors (Lipinski definition) is 0. The number of rotatable bonds is 11. The largest absolute Gasteiger partial charge is 0.503 e. The molecule has 0 saturated heterocycles. The molecule has 0 saturated carbocycles. The predicted octanol–water partition coefficient (Wildman–Crippen LogP) is 20.0. The van der Waals surface area contributed by atoms with Crippen LogP contribution in [-0.2, 0) is 27.1 Å². The van der Waals surface area contributed by atoms with Gasteiger partial charge in [0.1, 0.15) is 17.3 Å². The lowest BCUT2D eigenvalue weighted by Crippen LogP contribution is -2.74. The third-order valence-electron chi connectivity index (χ3n) is 18.7. The van der Waals surface area contributed by atoms with Crippen LogP contribution in [0.1, 0.15) is 132 Å². The molecular weight excluding hydrogens is 1130 g/mol. The van der Waals surface area contributed by atoms with Crippen molar-refractivity contribution < 1.29 is 4.74 Å². The lowest BCUT2D eigenvalue weighted by Gasteiger charge is -2.34. The van der Waals surface area contributed by atoms with Crippen LogP contribution in [0, 0.1) is 0 Å². The van der Waals surface area contributed by atoms with Crippen LogP contribution in [0.15, 0.2) is 249 Å². The first kappa shape index (κ1) is 61.4. The summed E-state index contributed by atoms with van der Waals surface area (Å²) in [5, 5.41) is 7.62. The zero-order valence-electron chi connectivity index (χ0n) is 56.4. The van der Waals surface area contributed by atoms with Crippen LogP contribution in [0.2, 0.25) is 0 Å². The van der Waals surface area contributed by atoms with Crippen molar-refractivity contribution in [2.24, 2.45) is 0 Å². The Kier molecular flexibility index (Phi) is 15.4. The minimum Gasteiger partial charge on any atom is -0.457 e. The van der Waals surface area contributed by atoms with Gasteiger partial charge in [-0.1, -0.05) is 262 Å². The van der Waals surface area contributed by atoms with Crippen molar-refractivity contribution in [1.29, 1.82) is 0 Å². The molecule has 12 aromatic rings. The topological polar surface area (TPSA) is 33.1 Å². The monoisotopic (exact) mass is 1220 g/mol. The van der Waals surface area contributed by atoms with Gasteiger partial charge in [-0.25, -0.2) is 4.98 Å². The van der Waals surface area contributed by atoms with Crippen molar-refractivity contribution in [3.63, 3.8) is 0 Å². The molecule has 1 aliphatic heterocycles. The van der Waals surface area contributed by atoms with Crippen LogP contribution in [0.3, 0.4) is 0 Å². The predicted molar refractivity (Wildman–Crippen MR) is 394 cm³/mol. The molecule has 6 heteroatoms. The van der Waals surface area contributed by atoms with Gasteiger partial charge in [0.25, 0.3) is 5.69 Å². The van der Waals surface area contributed by atoms with Crippen LogP contribution < -0.4 is 34.6 Å². The maximum Gasteiger partial charge on any atom is 0.503 e. The van der Waals surface area contributed by atoms with Gasteiger partial charge in [0.15, 0.2) is 8.07 Å². The van der Waals surface area contributed by atoms with Gasteiger partial charge in [-0.15, -0.1) is 0 Å². The van der Waals surface area contributed by atoms with Crippen LogP contribution in [0.4, 0.5) is 22.7 Å². The van der Waals surface area contributed by atoms with Crippen molar-refractivity contribution in [2.75, 3.05) is 0 Å². The van der Waals surface area contributed by atoms with Gasteiger partial charge in [0.05, 0.1) is 22.7 Å². The summed E-state index contributed by atoms with van der Waals surface area (Å²) in [6.07, 6.45) is 1.95. The summed E-state index contributed by atoms with van der Waals surface area (Å²) in [4.78, 5) is 5.09. The van der Waals surface area contributed by atoms with E-state index in [1.807, 2.05) is 6.20 Å². The number of ether oxygens (including phenoxy) is 1. The second-order valence-corrected chi connectivity index (χ2v) is 34.2. The van der Waals surface area contributed by atoms with Crippen LogP contribution in [0.25, 0.3) is 49.9 Å². The first-order chi connectivity index (χ1) is 43.7. The van der Waals surface area contributed by atoms with E-state index in [0.717, 1.165) is 67.2 Å². The Morgan fingerprint density at radius 1 is 0.359 bits per heavy atom. The molecule has 13 rings (SSSR count). The van der Waals surface area contributed by atoms with E-state index in [-0.39, 0.29) is 27.1 Å². The molecule has 3 heterocycles. The maximum absolute atomic E-state index is 7.09. The van der Waals surface area contributed by atoms with E-state index in [4.69, 9.17) is 9.72 Å². The Hall–Kier alpha value is -9.45. The van der Waals surface area contributed by atoms with E-state index in [1.165, 1.54) is 59.7 Å². The lowest BCUT2D eigenvalue weighted by atomic mass is 9.79. The second kappa shape index (κ2) is 23.0.